The van der Waals surface area contributed by atoms with Gasteiger partial charge in [0.05, 0.1) is 0 Å². The Morgan fingerprint density at radius 3 is 2.33 bits per heavy atom. The van der Waals surface area contributed by atoms with Crippen LogP contribution in [0.1, 0.15) is 63.0 Å². The van der Waals surface area contributed by atoms with E-state index in [4.69, 9.17) is 4.74 Å². The number of aryl methyl sites for hydroxylation is 2. The largest absolute Gasteiger partial charge is 0.489 e. The zero-order chi connectivity index (χ0) is 15.1. The molecule has 2 unspecified atom stereocenters. The van der Waals surface area contributed by atoms with Crippen LogP contribution in [0, 0.1) is 13.8 Å². The van der Waals surface area contributed by atoms with Crippen LogP contribution < -0.4 is 10.1 Å². The van der Waals surface area contributed by atoms with Crippen LogP contribution in [0.4, 0.5) is 0 Å². The third kappa shape index (κ3) is 5.35. The van der Waals surface area contributed by atoms with Gasteiger partial charge in [-0.25, -0.2) is 0 Å². The Labute approximate surface area is 130 Å². The molecule has 0 radical (unpaired) electrons. The van der Waals surface area contributed by atoms with Crippen molar-refractivity contribution in [3.63, 3.8) is 0 Å². The highest BCUT2D eigenvalue weighted by atomic mass is 16.5. The summed E-state index contributed by atoms with van der Waals surface area (Å²) in [5.74, 6) is 1.04. The molecule has 1 aliphatic rings. The van der Waals surface area contributed by atoms with Crippen molar-refractivity contribution in [2.24, 2.45) is 0 Å². The molecule has 0 saturated heterocycles. The Morgan fingerprint density at radius 1 is 1.00 bits per heavy atom. The van der Waals surface area contributed by atoms with Crippen molar-refractivity contribution in [2.75, 3.05) is 6.54 Å². The Bertz CT molecular complexity index is 407. The zero-order valence-electron chi connectivity index (χ0n) is 14.0. The molecule has 0 spiro atoms. The molecule has 1 saturated carbocycles. The van der Waals surface area contributed by atoms with Crippen molar-refractivity contribution < 1.29 is 4.74 Å². The molecule has 1 aromatic carbocycles. The summed E-state index contributed by atoms with van der Waals surface area (Å²) in [6.45, 7) is 7.61. The fourth-order valence-corrected chi connectivity index (χ4v) is 3.33. The van der Waals surface area contributed by atoms with E-state index in [2.05, 4.69) is 44.3 Å². The minimum Gasteiger partial charge on any atom is -0.489 e. The molecule has 2 rings (SSSR count). The maximum absolute atomic E-state index is 6.40. The molecule has 118 valence electrons. The second kappa shape index (κ2) is 8.43. The highest BCUT2D eigenvalue weighted by Crippen LogP contribution is 2.24. The van der Waals surface area contributed by atoms with E-state index in [1.165, 1.54) is 56.1 Å². The van der Waals surface area contributed by atoms with Gasteiger partial charge in [-0.3, -0.25) is 0 Å². The van der Waals surface area contributed by atoms with Crippen LogP contribution in [0.15, 0.2) is 18.2 Å². The molecule has 1 N–H and O–H groups in total. The maximum Gasteiger partial charge on any atom is 0.120 e. The molecule has 2 heteroatoms. The predicted octanol–water partition coefficient (Wildman–Crippen LogP) is 4.77. The van der Waals surface area contributed by atoms with Crippen LogP contribution in [0.2, 0.25) is 0 Å². The van der Waals surface area contributed by atoms with Gasteiger partial charge < -0.3 is 10.1 Å². The van der Waals surface area contributed by atoms with E-state index < -0.39 is 0 Å². The van der Waals surface area contributed by atoms with Gasteiger partial charge in [-0.15, -0.1) is 0 Å². The average Bonchev–Trinajstić information content (AvgIpc) is 2.40. The van der Waals surface area contributed by atoms with E-state index in [9.17, 15) is 0 Å². The molecule has 0 aliphatic heterocycles. The normalized spacial score (nSPS) is 23.4. The number of hydrogen-bond acceptors (Lipinski definition) is 2. The summed E-state index contributed by atoms with van der Waals surface area (Å²) in [7, 11) is 0. The molecule has 2 nitrogen and oxygen atoms in total. The molecular weight excluding hydrogens is 258 g/mol. The molecular formula is C19H31NO. The fraction of sp³-hybridized carbons (Fsp3) is 0.684. The lowest BCUT2D eigenvalue weighted by Gasteiger charge is -2.31. The van der Waals surface area contributed by atoms with Crippen LogP contribution in [0.3, 0.4) is 0 Å². The number of ether oxygens (including phenoxy) is 1. The van der Waals surface area contributed by atoms with E-state index >= 15 is 0 Å². The minimum absolute atomic E-state index is 0.318. The van der Waals surface area contributed by atoms with Crippen molar-refractivity contribution in [1.82, 2.24) is 5.32 Å². The van der Waals surface area contributed by atoms with E-state index in [-0.39, 0.29) is 0 Å². The molecule has 1 aromatic rings. The van der Waals surface area contributed by atoms with Gasteiger partial charge in [-0.1, -0.05) is 32.3 Å². The molecule has 0 bridgehead atoms. The van der Waals surface area contributed by atoms with E-state index in [1.807, 2.05) is 0 Å². The predicted molar refractivity (Wildman–Crippen MR) is 90.1 cm³/mol. The molecule has 0 aromatic heterocycles. The van der Waals surface area contributed by atoms with Crippen molar-refractivity contribution in [3.05, 3.63) is 29.3 Å². The smallest absolute Gasteiger partial charge is 0.120 e. The fourth-order valence-electron chi connectivity index (χ4n) is 3.33. The Morgan fingerprint density at radius 2 is 1.67 bits per heavy atom. The molecule has 1 fully saturated rings. The molecule has 0 amide bonds. The van der Waals surface area contributed by atoms with E-state index in [0.29, 0.717) is 12.1 Å². The van der Waals surface area contributed by atoms with Crippen LogP contribution in [0.25, 0.3) is 0 Å². The molecule has 0 heterocycles. The third-order valence-corrected chi connectivity index (χ3v) is 4.34. The van der Waals surface area contributed by atoms with Gasteiger partial charge in [0.25, 0.3) is 0 Å². The summed E-state index contributed by atoms with van der Waals surface area (Å²) >= 11 is 0. The monoisotopic (exact) mass is 289 g/mol. The lowest BCUT2D eigenvalue weighted by Crippen LogP contribution is -2.44. The van der Waals surface area contributed by atoms with Gasteiger partial charge in [-0.05, 0) is 69.3 Å². The maximum atomic E-state index is 6.40. The van der Waals surface area contributed by atoms with Crippen LogP contribution in [0.5, 0.6) is 5.75 Å². The van der Waals surface area contributed by atoms with Gasteiger partial charge in [0, 0.05) is 6.04 Å². The van der Waals surface area contributed by atoms with Gasteiger partial charge in [0.15, 0.2) is 0 Å². The first kappa shape index (κ1) is 16.4. The van der Waals surface area contributed by atoms with Gasteiger partial charge in [-0.2, -0.15) is 0 Å². The second-order valence-corrected chi connectivity index (χ2v) is 6.53. The number of nitrogens with one attached hydrogen (secondary N) is 1. The van der Waals surface area contributed by atoms with Crippen molar-refractivity contribution in [1.29, 1.82) is 0 Å². The Balaban J connectivity index is 2.06. The number of rotatable bonds is 5. The lowest BCUT2D eigenvalue weighted by molar-refractivity contribution is 0.127. The number of hydrogen-bond donors (Lipinski definition) is 1. The molecule has 1 aliphatic carbocycles. The summed E-state index contributed by atoms with van der Waals surface area (Å²) in [5, 5.41) is 3.71. The lowest BCUT2D eigenvalue weighted by atomic mass is 9.94. The topological polar surface area (TPSA) is 21.3 Å². The van der Waals surface area contributed by atoms with Crippen LogP contribution >= 0.6 is 0 Å². The van der Waals surface area contributed by atoms with Crippen molar-refractivity contribution in [3.8, 4) is 5.75 Å². The average molecular weight is 289 g/mol. The van der Waals surface area contributed by atoms with Gasteiger partial charge in [0.1, 0.15) is 11.9 Å². The first-order chi connectivity index (χ1) is 10.2. The quantitative estimate of drug-likeness (QED) is 0.842. The summed E-state index contributed by atoms with van der Waals surface area (Å²) in [4.78, 5) is 0. The standard InChI is InChI=1S/C19H31NO/c1-4-11-20-18-9-7-5-6-8-10-19(18)21-17-13-15(2)12-16(3)14-17/h12-14,18-20H,4-11H2,1-3H3. The van der Waals surface area contributed by atoms with Gasteiger partial charge >= 0.3 is 0 Å². The van der Waals surface area contributed by atoms with E-state index in [1.54, 1.807) is 0 Å². The van der Waals surface area contributed by atoms with Crippen LogP contribution in [-0.2, 0) is 0 Å². The summed E-state index contributed by atoms with van der Waals surface area (Å²) < 4.78 is 6.40. The molecule has 2 atom stereocenters. The minimum atomic E-state index is 0.318. The zero-order valence-corrected chi connectivity index (χ0v) is 14.0. The van der Waals surface area contributed by atoms with E-state index in [0.717, 1.165) is 12.3 Å². The SMILES string of the molecule is CCCNC1CCCCCCC1Oc1cc(C)cc(C)c1. The summed E-state index contributed by atoms with van der Waals surface area (Å²) in [6, 6.07) is 7.05. The van der Waals surface area contributed by atoms with Gasteiger partial charge in [0.2, 0.25) is 0 Å². The Hall–Kier alpha value is -1.02. The van der Waals surface area contributed by atoms with Crippen molar-refractivity contribution in [2.45, 2.75) is 77.9 Å². The second-order valence-electron chi connectivity index (χ2n) is 6.53. The number of benzene rings is 1. The van der Waals surface area contributed by atoms with Crippen molar-refractivity contribution >= 4 is 0 Å². The highest BCUT2D eigenvalue weighted by molar-refractivity contribution is 5.33. The third-order valence-electron chi connectivity index (χ3n) is 4.34. The summed E-state index contributed by atoms with van der Waals surface area (Å²) in [5.41, 5.74) is 2.57. The first-order valence-corrected chi connectivity index (χ1v) is 8.67. The first-order valence-electron chi connectivity index (χ1n) is 8.67. The highest BCUT2D eigenvalue weighted by Gasteiger charge is 2.24. The van der Waals surface area contributed by atoms with Crippen LogP contribution in [-0.4, -0.2) is 18.7 Å². The Kier molecular flexibility index (Phi) is 6.56. The summed E-state index contributed by atoms with van der Waals surface area (Å²) in [6.07, 6.45) is 9.27. The molecule has 21 heavy (non-hydrogen) atoms.